The van der Waals surface area contributed by atoms with E-state index in [9.17, 15) is 0 Å². The molecular weight excluding hydrogens is 164 g/mol. The third-order valence-electron chi connectivity index (χ3n) is 1.71. The van der Waals surface area contributed by atoms with Crippen LogP contribution in [0.3, 0.4) is 0 Å². The van der Waals surface area contributed by atoms with Crippen molar-refractivity contribution in [2.45, 2.75) is 46.7 Å². The molecule has 0 aliphatic rings. The maximum absolute atomic E-state index is 7.57. The van der Waals surface area contributed by atoms with Crippen LogP contribution in [-0.2, 0) is 0 Å². The highest BCUT2D eigenvalue weighted by molar-refractivity contribution is 4.66. The molecule has 0 aromatic heterocycles. The molecule has 0 bridgehead atoms. The first-order valence-corrected chi connectivity index (χ1v) is 5.07. The van der Waals surface area contributed by atoms with Gasteiger partial charge >= 0.3 is 0 Å². The molecule has 82 valence electrons. The zero-order valence-corrected chi connectivity index (χ0v) is 9.75. The lowest BCUT2D eigenvalue weighted by Crippen LogP contribution is -2.40. The Balaban J connectivity index is 0. The molecule has 0 atom stereocenters. The molecule has 0 aliphatic heterocycles. The Hall–Kier alpha value is -0.120. The summed E-state index contributed by atoms with van der Waals surface area (Å²) in [4.78, 5) is 2.39. The number of nitrogens with zero attached hydrogens (tertiary/aromatic N) is 1. The molecule has 0 spiro atoms. The van der Waals surface area contributed by atoms with Crippen LogP contribution in [0.1, 0.15) is 34.6 Å². The van der Waals surface area contributed by atoms with Gasteiger partial charge in [-0.2, -0.15) is 0 Å². The first kappa shape index (κ1) is 15.4. The largest absolute Gasteiger partial charge is 0.397 e. The zero-order chi connectivity index (χ0) is 10.9. The van der Waals surface area contributed by atoms with E-state index in [0.717, 1.165) is 13.1 Å². The molecule has 0 radical (unpaired) electrons. The lowest BCUT2D eigenvalue weighted by Gasteiger charge is -2.29. The smallest absolute Gasteiger partial charge is 0.0402 e. The molecule has 13 heavy (non-hydrogen) atoms. The number of rotatable bonds is 4. The first-order chi connectivity index (χ1) is 6.01. The van der Waals surface area contributed by atoms with E-state index in [1.54, 1.807) is 6.92 Å². The fourth-order valence-electron chi connectivity index (χ4n) is 1.26. The highest BCUT2D eigenvalue weighted by Gasteiger charge is 2.10. The van der Waals surface area contributed by atoms with Crippen molar-refractivity contribution < 1.29 is 5.11 Å². The molecule has 0 rings (SSSR count). The highest BCUT2D eigenvalue weighted by Crippen LogP contribution is 2.02. The van der Waals surface area contributed by atoms with Gasteiger partial charge in [-0.05, 0) is 34.6 Å². The van der Waals surface area contributed by atoms with Crippen molar-refractivity contribution >= 4 is 0 Å². The molecule has 0 heterocycles. The number of aliphatic hydroxyl groups excluding tert-OH is 1. The summed E-state index contributed by atoms with van der Waals surface area (Å²) in [6.45, 7) is 12.5. The summed E-state index contributed by atoms with van der Waals surface area (Å²) < 4.78 is 0. The highest BCUT2D eigenvalue weighted by atomic mass is 16.2. The third-order valence-corrected chi connectivity index (χ3v) is 1.71. The monoisotopic (exact) mass is 190 g/mol. The maximum Gasteiger partial charge on any atom is 0.0402 e. The predicted molar refractivity (Wildman–Crippen MR) is 58.8 cm³/mol. The minimum atomic E-state index is 0.250. The number of hydrogen-bond donors (Lipinski definition) is 2. The molecule has 3 N–H and O–H groups in total. The van der Waals surface area contributed by atoms with Crippen molar-refractivity contribution in [1.29, 1.82) is 0 Å². The van der Waals surface area contributed by atoms with Crippen LogP contribution in [0.2, 0.25) is 0 Å². The van der Waals surface area contributed by atoms with E-state index < -0.39 is 0 Å². The van der Waals surface area contributed by atoms with E-state index in [2.05, 4.69) is 32.6 Å². The van der Waals surface area contributed by atoms with Gasteiger partial charge in [0.1, 0.15) is 0 Å². The molecule has 0 fully saturated rings. The predicted octanol–water partition coefficient (Wildman–Crippen LogP) is 1.06. The summed E-state index contributed by atoms with van der Waals surface area (Å²) in [5.74, 6) is 0. The van der Waals surface area contributed by atoms with Gasteiger partial charge in [-0.1, -0.05) is 0 Å². The van der Waals surface area contributed by atoms with Gasteiger partial charge in [-0.15, -0.1) is 0 Å². The molecule has 0 saturated heterocycles. The second kappa shape index (κ2) is 9.96. The van der Waals surface area contributed by atoms with Gasteiger partial charge in [0.2, 0.25) is 0 Å². The molecule has 3 heteroatoms. The van der Waals surface area contributed by atoms with Crippen LogP contribution in [0, 0.1) is 0 Å². The van der Waals surface area contributed by atoms with Crippen LogP contribution in [0.5, 0.6) is 0 Å². The molecule has 0 unspecified atom stereocenters. The van der Waals surface area contributed by atoms with Crippen LogP contribution < -0.4 is 5.73 Å². The minimum absolute atomic E-state index is 0.250. The number of aliphatic hydroxyl groups is 1. The Morgan fingerprint density at radius 3 is 1.54 bits per heavy atom. The van der Waals surface area contributed by atoms with Crippen LogP contribution >= 0.6 is 0 Å². The van der Waals surface area contributed by atoms with Crippen molar-refractivity contribution in [3.05, 3.63) is 0 Å². The molecular formula is C10H26N2O. The van der Waals surface area contributed by atoms with Gasteiger partial charge < -0.3 is 10.8 Å². The quantitative estimate of drug-likeness (QED) is 0.697. The number of hydrogen-bond acceptors (Lipinski definition) is 3. The molecule has 0 saturated carbocycles. The van der Waals surface area contributed by atoms with Crippen molar-refractivity contribution in [2.75, 3.05) is 19.7 Å². The Morgan fingerprint density at radius 1 is 1.15 bits per heavy atom. The van der Waals surface area contributed by atoms with Crippen molar-refractivity contribution in [3.8, 4) is 0 Å². The molecule has 0 aromatic rings. The van der Waals surface area contributed by atoms with Crippen molar-refractivity contribution in [2.24, 2.45) is 5.73 Å². The summed E-state index contributed by atoms with van der Waals surface area (Å²) in [7, 11) is 0. The fourth-order valence-corrected chi connectivity index (χ4v) is 1.26. The topological polar surface area (TPSA) is 49.5 Å². The van der Waals surface area contributed by atoms with E-state index in [-0.39, 0.29) is 6.61 Å². The molecule has 0 aromatic carbocycles. The molecule has 0 aliphatic carbocycles. The Morgan fingerprint density at radius 2 is 1.46 bits per heavy atom. The Bertz CT molecular complexity index is 86.9. The average molecular weight is 190 g/mol. The van der Waals surface area contributed by atoms with Gasteiger partial charge in [-0.25, -0.2) is 0 Å². The van der Waals surface area contributed by atoms with E-state index in [1.165, 1.54) is 0 Å². The van der Waals surface area contributed by atoms with E-state index in [4.69, 9.17) is 10.8 Å². The van der Waals surface area contributed by atoms with Gasteiger partial charge in [0.25, 0.3) is 0 Å². The maximum atomic E-state index is 7.57. The van der Waals surface area contributed by atoms with Gasteiger partial charge in [-0.3, -0.25) is 4.90 Å². The lowest BCUT2D eigenvalue weighted by atomic mass is 10.2. The average Bonchev–Trinajstić information content (AvgIpc) is 2.00. The first-order valence-electron chi connectivity index (χ1n) is 5.07. The second-order valence-corrected chi connectivity index (χ2v) is 3.53. The summed E-state index contributed by atoms with van der Waals surface area (Å²) >= 11 is 0. The van der Waals surface area contributed by atoms with Crippen molar-refractivity contribution in [1.82, 2.24) is 4.90 Å². The third kappa shape index (κ3) is 9.80. The van der Waals surface area contributed by atoms with Crippen LogP contribution in [0.4, 0.5) is 0 Å². The SMILES string of the molecule is CC(C)N(CCN)C(C)C.CCO. The second-order valence-electron chi connectivity index (χ2n) is 3.53. The summed E-state index contributed by atoms with van der Waals surface area (Å²) in [6.07, 6.45) is 0. The minimum Gasteiger partial charge on any atom is -0.397 e. The van der Waals surface area contributed by atoms with Gasteiger partial charge in [0.15, 0.2) is 0 Å². The van der Waals surface area contributed by atoms with Crippen LogP contribution in [-0.4, -0.2) is 41.8 Å². The Kier molecular flexibility index (Phi) is 11.8. The Labute approximate surface area is 82.9 Å². The van der Waals surface area contributed by atoms with E-state index in [1.807, 2.05) is 0 Å². The van der Waals surface area contributed by atoms with Gasteiger partial charge in [0, 0.05) is 31.8 Å². The normalized spacial score (nSPS) is 10.6. The van der Waals surface area contributed by atoms with E-state index >= 15 is 0 Å². The summed E-state index contributed by atoms with van der Waals surface area (Å²) in [5, 5.41) is 7.57. The summed E-state index contributed by atoms with van der Waals surface area (Å²) in [5.41, 5.74) is 5.46. The standard InChI is InChI=1S/C8H20N2.C2H6O/c1-7(2)10(6-5-9)8(3)4;1-2-3/h7-8H,5-6,9H2,1-4H3;3H,2H2,1H3. The zero-order valence-electron chi connectivity index (χ0n) is 9.75. The molecule has 0 amide bonds. The lowest BCUT2D eigenvalue weighted by molar-refractivity contribution is 0.180. The van der Waals surface area contributed by atoms with Crippen molar-refractivity contribution in [3.63, 3.8) is 0 Å². The fraction of sp³-hybridized carbons (Fsp3) is 1.00. The van der Waals surface area contributed by atoms with Crippen LogP contribution in [0.15, 0.2) is 0 Å². The summed E-state index contributed by atoms with van der Waals surface area (Å²) in [6, 6.07) is 1.23. The molecule has 3 nitrogen and oxygen atoms in total. The van der Waals surface area contributed by atoms with E-state index in [0.29, 0.717) is 12.1 Å². The van der Waals surface area contributed by atoms with Gasteiger partial charge in [0.05, 0.1) is 0 Å². The van der Waals surface area contributed by atoms with Crippen LogP contribution in [0.25, 0.3) is 0 Å². The number of nitrogens with two attached hydrogens (primary N) is 1.